The van der Waals surface area contributed by atoms with E-state index in [9.17, 15) is 4.79 Å². The van der Waals surface area contributed by atoms with Crippen LogP contribution < -0.4 is 0 Å². The van der Waals surface area contributed by atoms with E-state index in [1.165, 1.54) is 0 Å². The summed E-state index contributed by atoms with van der Waals surface area (Å²) in [5.74, 6) is 0.110. The molecule has 1 amide bonds. The Balaban J connectivity index is 1.29. The van der Waals surface area contributed by atoms with Gasteiger partial charge in [-0.05, 0) is 37.6 Å². The van der Waals surface area contributed by atoms with Gasteiger partial charge in [0, 0.05) is 44.0 Å². The second-order valence-corrected chi connectivity index (χ2v) is 7.57. The van der Waals surface area contributed by atoms with Crippen molar-refractivity contribution in [3.05, 3.63) is 65.5 Å². The highest BCUT2D eigenvalue weighted by atomic mass is 16.2. The minimum Gasteiger partial charge on any atom is -0.336 e. The second kappa shape index (κ2) is 8.57. The smallest absolute Gasteiger partial charge is 0.253 e. The van der Waals surface area contributed by atoms with Crippen molar-refractivity contribution in [2.24, 2.45) is 0 Å². The minimum atomic E-state index is 0.110. The highest BCUT2D eigenvalue weighted by molar-refractivity contribution is 5.94. The van der Waals surface area contributed by atoms with E-state index in [2.05, 4.69) is 33.1 Å². The molecule has 29 heavy (non-hydrogen) atoms. The van der Waals surface area contributed by atoms with Crippen LogP contribution in [0.3, 0.4) is 0 Å². The third-order valence-electron chi connectivity index (χ3n) is 5.41. The first-order valence-electron chi connectivity index (χ1n) is 10.0. The zero-order valence-electron chi connectivity index (χ0n) is 17.0. The van der Waals surface area contributed by atoms with Crippen molar-refractivity contribution in [1.29, 1.82) is 0 Å². The van der Waals surface area contributed by atoms with Gasteiger partial charge in [0.25, 0.3) is 5.91 Å². The molecule has 2 aromatic heterocycles. The highest BCUT2D eigenvalue weighted by Gasteiger charge is 2.22. The van der Waals surface area contributed by atoms with Crippen LogP contribution >= 0.6 is 0 Å². The van der Waals surface area contributed by atoms with Crippen LogP contribution in [-0.4, -0.2) is 73.0 Å². The number of nitrogens with zero attached hydrogens (tertiary/aromatic N) is 7. The summed E-state index contributed by atoms with van der Waals surface area (Å²) in [6, 6.07) is 9.99. The molecule has 3 aromatic rings. The number of hydrogen-bond acceptors (Lipinski definition) is 5. The van der Waals surface area contributed by atoms with Crippen LogP contribution in [-0.2, 0) is 13.1 Å². The maximum atomic E-state index is 12.8. The molecule has 1 saturated heterocycles. The Kier molecular flexibility index (Phi) is 5.71. The lowest BCUT2D eigenvalue weighted by Crippen LogP contribution is -2.49. The van der Waals surface area contributed by atoms with Gasteiger partial charge in [0.15, 0.2) is 0 Å². The first-order chi connectivity index (χ1) is 14.1. The Morgan fingerprint density at radius 1 is 1.03 bits per heavy atom. The van der Waals surface area contributed by atoms with Gasteiger partial charge in [0.1, 0.15) is 12.7 Å². The van der Waals surface area contributed by atoms with Crippen molar-refractivity contribution in [3.8, 4) is 0 Å². The molecule has 0 N–H and O–H groups in total. The van der Waals surface area contributed by atoms with Crippen molar-refractivity contribution in [1.82, 2.24) is 34.3 Å². The van der Waals surface area contributed by atoms with E-state index in [0.717, 1.165) is 68.3 Å². The number of aromatic nitrogens is 5. The van der Waals surface area contributed by atoms with Gasteiger partial charge in [-0.1, -0.05) is 12.1 Å². The fraction of sp³-hybridized carbons (Fsp3) is 0.429. The van der Waals surface area contributed by atoms with Gasteiger partial charge >= 0.3 is 0 Å². The van der Waals surface area contributed by atoms with Gasteiger partial charge in [-0.3, -0.25) is 19.1 Å². The molecule has 0 spiro atoms. The van der Waals surface area contributed by atoms with Crippen molar-refractivity contribution >= 4 is 5.91 Å². The monoisotopic (exact) mass is 393 g/mol. The van der Waals surface area contributed by atoms with Crippen molar-refractivity contribution < 1.29 is 4.79 Å². The van der Waals surface area contributed by atoms with E-state index in [4.69, 9.17) is 0 Å². The topological polar surface area (TPSA) is 72.1 Å². The number of rotatable bonds is 6. The predicted octanol–water partition coefficient (Wildman–Crippen LogP) is 1.60. The Labute approximate surface area is 170 Å². The van der Waals surface area contributed by atoms with Crippen molar-refractivity contribution in [2.45, 2.75) is 26.9 Å². The summed E-state index contributed by atoms with van der Waals surface area (Å²) < 4.78 is 3.83. The minimum absolute atomic E-state index is 0.110. The standard InChI is InChI=1S/C21H27N7O/c1-17-13-18(2)28(24-17)14-19-3-5-20(6-4-19)21(29)26-10-7-25(8-11-26)9-12-27-16-22-15-23-27/h3-6,13,15-16H,7-12,14H2,1-2H3. The maximum absolute atomic E-state index is 12.8. The Morgan fingerprint density at radius 3 is 2.41 bits per heavy atom. The number of piperazine rings is 1. The third-order valence-corrected chi connectivity index (χ3v) is 5.41. The summed E-state index contributed by atoms with van der Waals surface area (Å²) in [4.78, 5) is 21.1. The summed E-state index contributed by atoms with van der Waals surface area (Å²) in [6.45, 7) is 9.80. The first-order valence-corrected chi connectivity index (χ1v) is 10.0. The van der Waals surface area contributed by atoms with E-state index in [1.807, 2.05) is 45.5 Å². The molecule has 1 fully saturated rings. The van der Waals surface area contributed by atoms with Crippen molar-refractivity contribution in [3.63, 3.8) is 0 Å². The van der Waals surface area contributed by atoms with Gasteiger partial charge < -0.3 is 4.90 Å². The molecule has 8 heteroatoms. The fourth-order valence-corrected chi connectivity index (χ4v) is 3.71. The molecule has 4 rings (SSSR count). The summed E-state index contributed by atoms with van der Waals surface area (Å²) in [7, 11) is 0. The van der Waals surface area contributed by atoms with Gasteiger partial charge in [-0.25, -0.2) is 4.98 Å². The van der Waals surface area contributed by atoms with Gasteiger partial charge in [-0.15, -0.1) is 0 Å². The van der Waals surface area contributed by atoms with E-state index >= 15 is 0 Å². The average Bonchev–Trinajstić information content (AvgIpc) is 3.36. The molecular weight excluding hydrogens is 366 g/mol. The molecule has 8 nitrogen and oxygen atoms in total. The van der Waals surface area contributed by atoms with Crippen LogP contribution in [0.25, 0.3) is 0 Å². The molecule has 0 unspecified atom stereocenters. The molecule has 0 aliphatic carbocycles. The van der Waals surface area contributed by atoms with Crippen molar-refractivity contribution in [2.75, 3.05) is 32.7 Å². The van der Waals surface area contributed by atoms with E-state index < -0.39 is 0 Å². The molecule has 3 heterocycles. The zero-order valence-corrected chi connectivity index (χ0v) is 17.0. The van der Waals surface area contributed by atoms with Gasteiger partial charge in [-0.2, -0.15) is 10.2 Å². The molecule has 152 valence electrons. The summed E-state index contributed by atoms with van der Waals surface area (Å²) in [5.41, 5.74) is 4.06. The molecule has 1 aliphatic heterocycles. The molecule has 1 aromatic carbocycles. The van der Waals surface area contributed by atoms with Gasteiger partial charge in [0.05, 0.1) is 18.8 Å². The zero-order chi connectivity index (χ0) is 20.2. The van der Waals surface area contributed by atoms with E-state index in [0.29, 0.717) is 0 Å². The van der Waals surface area contributed by atoms with Crippen LogP contribution in [0.1, 0.15) is 27.3 Å². The van der Waals surface area contributed by atoms with Crippen LogP contribution in [0, 0.1) is 13.8 Å². The van der Waals surface area contributed by atoms with Crippen LogP contribution in [0.2, 0.25) is 0 Å². The summed E-state index contributed by atoms with van der Waals surface area (Å²) in [6.07, 6.45) is 3.29. The molecule has 1 aliphatic rings. The third kappa shape index (κ3) is 4.71. The molecule has 0 bridgehead atoms. The lowest BCUT2D eigenvalue weighted by molar-refractivity contribution is 0.0632. The van der Waals surface area contributed by atoms with Gasteiger partial charge in [0.2, 0.25) is 0 Å². The maximum Gasteiger partial charge on any atom is 0.253 e. The SMILES string of the molecule is Cc1cc(C)n(Cc2ccc(C(=O)N3CCN(CCn4cncn4)CC3)cc2)n1. The number of carbonyl (C=O) groups is 1. The van der Waals surface area contributed by atoms with E-state index in [1.54, 1.807) is 12.7 Å². The molecule has 0 radical (unpaired) electrons. The molecular formula is C21H27N7O. The second-order valence-electron chi connectivity index (χ2n) is 7.57. The van der Waals surface area contributed by atoms with Crippen LogP contribution in [0.4, 0.5) is 0 Å². The number of benzene rings is 1. The highest BCUT2D eigenvalue weighted by Crippen LogP contribution is 2.12. The first kappa shape index (κ1) is 19.3. The quantitative estimate of drug-likeness (QED) is 0.636. The summed E-state index contributed by atoms with van der Waals surface area (Å²) in [5, 5.41) is 8.63. The number of aryl methyl sites for hydroxylation is 2. The average molecular weight is 393 g/mol. The Hall–Kier alpha value is -3.00. The summed E-state index contributed by atoms with van der Waals surface area (Å²) >= 11 is 0. The molecule has 0 atom stereocenters. The predicted molar refractivity (Wildman–Crippen MR) is 110 cm³/mol. The number of amides is 1. The lowest BCUT2D eigenvalue weighted by Gasteiger charge is -2.34. The van der Waals surface area contributed by atoms with Crippen LogP contribution in [0.5, 0.6) is 0 Å². The Morgan fingerprint density at radius 2 is 1.79 bits per heavy atom. The largest absolute Gasteiger partial charge is 0.336 e. The van der Waals surface area contributed by atoms with Crippen LogP contribution in [0.15, 0.2) is 43.0 Å². The number of carbonyl (C=O) groups excluding carboxylic acids is 1. The van der Waals surface area contributed by atoms with E-state index in [-0.39, 0.29) is 5.91 Å². The normalized spacial score (nSPS) is 15.0. The number of hydrogen-bond donors (Lipinski definition) is 0. The fourth-order valence-electron chi connectivity index (χ4n) is 3.71. The lowest BCUT2D eigenvalue weighted by atomic mass is 10.1. The molecule has 0 saturated carbocycles. The Bertz CT molecular complexity index is 938.